The molecule has 1 aromatic heterocycles. The van der Waals surface area contributed by atoms with Crippen LogP contribution in [0.4, 0.5) is 0 Å². The Bertz CT molecular complexity index is 1550. The number of carbonyl (C=O) groups is 1. The zero-order chi connectivity index (χ0) is 27.7. The lowest BCUT2D eigenvalue weighted by Gasteiger charge is -2.23. The summed E-state index contributed by atoms with van der Waals surface area (Å²) in [6, 6.07) is 20.1. The van der Waals surface area contributed by atoms with E-state index in [1.165, 1.54) is 0 Å². The summed E-state index contributed by atoms with van der Waals surface area (Å²) in [5, 5.41) is 7.63. The predicted molar refractivity (Wildman–Crippen MR) is 154 cm³/mol. The topological polar surface area (TPSA) is 73.3 Å². The maximum atomic E-state index is 13.2. The SMILES string of the molecule is CCC(=O)N1N=C(c2c(C)nc3ccc(C)cc3c2-c2ccccc2)CC1c1cc(OC)c(OC)c(OC)c1. The van der Waals surface area contributed by atoms with Crippen LogP contribution in [0.5, 0.6) is 17.2 Å². The number of methoxy groups -OCH3 is 3. The average Bonchev–Trinajstić information content (AvgIpc) is 3.41. The van der Waals surface area contributed by atoms with Crippen molar-refractivity contribution >= 4 is 22.5 Å². The number of pyridine rings is 1. The van der Waals surface area contributed by atoms with Crippen molar-refractivity contribution in [1.29, 1.82) is 0 Å². The molecule has 7 heteroatoms. The molecule has 7 nitrogen and oxygen atoms in total. The Kier molecular flexibility index (Phi) is 7.24. The van der Waals surface area contributed by atoms with Gasteiger partial charge in [0.25, 0.3) is 0 Å². The molecule has 1 aliphatic heterocycles. The summed E-state index contributed by atoms with van der Waals surface area (Å²) >= 11 is 0. The second kappa shape index (κ2) is 10.8. The molecular weight excluding hydrogens is 490 g/mol. The molecule has 0 saturated heterocycles. The fourth-order valence-corrected chi connectivity index (χ4v) is 5.36. The van der Waals surface area contributed by atoms with Crippen LogP contribution in [-0.4, -0.2) is 42.9 Å². The minimum absolute atomic E-state index is 0.0627. The van der Waals surface area contributed by atoms with Crippen molar-refractivity contribution in [2.75, 3.05) is 21.3 Å². The van der Waals surface area contributed by atoms with Crippen LogP contribution < -0.4 is 14.2 Å². The quantitative estimate of drug-likeness (QED) is 0.272. The summed E-state index contributed by atoms with van der Waals surface area (Å²) < 4.78 is 16.7. The summed E-state index contributed by atoms with van der Waals surface area (Å²) in [4.78, 5) is 18.2. The molecule has 2 heterocycles. The van der Waals surface area contributed by atoms with E-state index in [2.05, 4.69) is 37.3 Å². The number of benzene rings is 3. The summed E-state index contributed by atoms with van der Waals surface area (Å²) in [5.41, 5.74) is 7.76. The molecule has 4 aromatic rings. The number of fused-ring (bicyclic) bond motifs is 1. The van der Waals surface area contributed by atoms with Crippen LogP contribution in [0, 0.1) is 13.8 Å². The van der Waals surface area contributed by atoms with Gasteiger partial charge in [0.1, 0.15) is 0 Å². The molecule has 0 radical (unpaired) electrons. The van der Waals surface area contributed by atoms with Crippen molar-refractivity contribution in [2.24, 2.45) is 5.10 Å². The Morgan fingerprint density at radius 3 is 2.23 bits per heavy atom. The zero-order valence-electron chi connectivity index (χ0n) is 23.2. The molecule has 0 saturated carbocycles. The average molecular weight is 524 g/mol. The first kappa shape index (κ1) is 26.2. The Morgan fingerprint density at radius 2 is 1.62 bits per heavy atom. The summed E-state index contributed by atoms with van der Waals surface area (Å²) in [7, 11) is 4.75. The molecule has 39 heavy (non-hydrogen) atoms. The van der Waals surface area contributed by atoms with Crippen LogP contribution >= 0.6 is 0 Å². The molecule has 1 aliphatic rings. The van der Waals surface area contributed by atoms with Crippen molar-refractivity contribution in [1.82, 2.24) is 9.99 Å². The molecule has 0 bridgehead atoms. The molecule has 1 atom stereocenters. The van der Waals surface area contributed by atoms with Gasteiger partial charge in [-0.05, 0) is 49.2 Å². The van der Waals surface area contributed by atoms with Gasteiger partial charge in [0.15, 0.2) is 11.5 Å². The van der Waals surface area contributed by atoms with Crippen LogP contribution in [0.25, 0.3) is 22.0 Å². The third kappa shape index (κ3) is 4.69. The van der Waals surface area contributed by atoms with E-state index in [4.69, 9.17) is 24.3 Å². The zero-order valence-corrected chi connectivity index (χ0v) is 23.2. The van der Waals surface area contributed by atoms with E-state index in [0.29, 0.717) is 30.1 Å². The highest BCUT2D eigenvalue weighted by Crippen LogP contribution is 2.44. The maximum Gasteiger partial charge on any atom is 0.242 e. The summed E-state index contributed by atoms with van der Waals surface area (Å²) in [6.45, 7) is 5.95. The number of aromatic nitrogens is 1. The number of hydrogen-bond donors (Lipinski definition) is 0. The Morgan fingerprint density at radius 1 is 0.923 bits per heavy atom. The smallest absolute Gasteiger partial charge is 0.242 e. The summed E-state index contributed by atoms with van der Waals surface area (Å²) in [5.74, 6) is 1.52. The van der Waals surface area contributed by atoms with Gasteiger partial charge in [0.05, 0.1) is 38.6 Å². The van der Waals surface area contributed by atoms with Crippen LogP contribution in [-0.2, 0) is 4.79 Å². The molecule has 0 fully saturated rings. The van der Waals surface area contributed by atoms with E-state index in [9.17, 15) is 4.79 Å². The second-order valence-corrected chi connectivity index (χ2v) is 9.65. The number of ether oxygens (including phenoxy) is 3. The minimum atomic E-state index is -0.336. The Labute approximate surface area is 229 Å². The van der Waals surface area contributed by atoms with Gasteiger partial charge in [-0.15, -0.1) is 0 Å². The van der Waals surface area contributed by atoms with E-state index in [0.717, 1.165) is 50.1 Å². The van der Waals surface area contributed by atoms with Gasteiger partial charge in [-0.25, -0.2) is 5.01 Å². The first-order valence-corrected chi connectivity index (χ1v) is 13.1. The number of amides is 1. The fraction of sp³-hybridized carbons (Fsp3) is 0.281. The molecule has 200 valence electrons. The van der Waals surface area contributed by atoms with Crippen LogP contribution in [0.2, 0.25) is 0 Å². The van der Waals surface area contributed by atoms with Gasteiger partial charge in [-0.3, -0.25) is 9.78 Å². The molecule has 0 spiro atoms. The minimum Gasteiger partial charge on any atom is -0.493 e. The van der Waals surface area contributed by atoms with Crippen molar-refractivity contribution < 1.29 is 19.0 Å². The predicted octanol–water partition coefficient (Wildman–Crippen LogP) is 6.63. The van der Waals surface area contributed by atoms with Gasteiger partial charge in [0, 0.05) is 35.0 Å². The Balaban J connectivity index is 1.72. The first-order chi connectivity index (χ1) is 18.9. The number of hydrogen-bond acceptors (Lipinski definition) is 6. The number of aryl methyl sites for hydroxylation is 2. The third-order valence-electron chi connectivity index (χ3n) is 7.21. The highest BCUT2D eigenvalue weighted by Gasteiger charge is 2.35. The van der Waals surface area contributed by atoms with E-state index < -0.39 is 0 Å². The van der Waals surface area contributed by atoms with Crippen LogP contribution in [0.1, 0.15) is 48.2 Å². The number of carbonyl (C=O) groups excluding carboxylic acids is 1. The lowest BCUT2D eigenvalue weighted by atomic mass is 9.88. The Hall–Kier alpha value is -4.39. The van der Waals surface area contributed by atoms with Crippen molar-refractivity contribution in [3.8, 4) is 28.4 Å². The van der Waals surface area contributed by atoms with Gasteiger partial charge >= 0.3 is 0 Å². The molecular formula is C32H33N3O4. The van der Waals surface area contributed by atoms with Crippen LogP contribution in [0.3, 0.4) is 0 Å². The highest BCUT2D eigenvalue weighted by molar-refractivity contribution is 6.14. The normalized spacial score (nSPS) is 14.9. The van der Waals surface area contributed by atoms with E-state index in [1.807, 2.05) is 44.2 Å². The van der Waals surface area contributed by atoms with Gasteiger partial charge < -0.3 is 14.2 Å². The largest absolute Gasteiger partial charge is 0.493 e. The molecule has 3 aromatic carbocycles. The van der Waals surface area contributed by atoms with Gasteiger partial charge in [-0.2, -0.15) is 5.10 Å². The van der Waals surface area contributed by atoms with E-state index in [1.54, 1.807) is 26.3 Å². The first-order valence-electron chi connectivity index (χ1n) is 13.1. The number of nitrogens with zero attached hydrogens (tertiary/aromatic N) is 3. The molecule has 0 aliphatic carbocycles. The molecule has 1 amide bonds. The summed E-state index contributed by atoms with van der Waals surface area (Å²) in [6.07, 6.45) is 0.849. The molecule has 5 rings (SSSR count). The van der Waals surface area contributed by atoms with E-state index in [-0.39, 0.29) is 11.9 Å². The molecule has 0 N–H and O–H groups in total. The van der Waals surface area contributed by atoms with Gasteiger partial charge in [-0.1, -0.05) is 48.9 Å². The monoisotopic (exact) mass is 523 g/mol. The van der Waals surface area contributed by atoms with Gasteiger partial charge in [0.2, 0.25) is 11.7 Å². The fourth-order valence-electron chi connectivity index (χ4n) is 5.36. The highest BCUT2D eigenvalue weighted by atomic mass is 16.5. The third-order valence-corrected chi connectivity index (χ3v) is 7.21. The lowest BCUT2D eigenvalue weighted by Crippen LogP contribution is -2.26. The standard InChI is InChI=1S/C32H33N3O4/c1-7-29(36)35-26(22-16-27(37-4)32(39-6)28(17-22)38-5)18-25(34-35)30-20(3)33-24-14-13-19(2)15-23(24)31(30)21-11-9-8-10-12-21/h8-17,26H,7,18H2,1-6H3. The van der Waals surface area contributed by atoms with Crippen molar-refractivity contribution in [2.45, 2.75) is 39.7 Å². The number of hydrazone groups is 1. The second-order valence-electron chi connectivity index (χ2n) is 9.65. The maximum absolute atomic E-state index is 13.2. The van der Waals surface area contributed by atoms with Crippen molar-refractivity contribution in [3.05, 3.63) is 83.0 Å². The van der Waals surface area contributed by atoms with Crippen LogP contribution in [0.15, 0.2) is 65.8 Å². The molecule has 1 unspecified atom stereocenters. The lowest BCUT2D eigenvalue weighted by molar-refractivity contribution is -0.132. The van der Waals surface area contributed by atoms with E-state index >= 15 is 0 Å². The van der Waals surface area contributed by atoms with Crippen molar-refractivity contribution in [3.63, 3.8) is 0 Å². The number of rotatable bonds is 7.